The first kappa shape index (κ1) is 19.2. The van der Waals surface area contributed by atoms with Crippen molar-refractivity contribution in [2.75, 3.05) is 23.8 Å². The molecule has 0 radical (unpaired) electrons. The molecule has 0 aliphatic carbocycles. The van der Waals surface area contributed by atoms with Crippen molar-refractivity contribution < 1.29 is 9.18 Å². The van der Waals surface area contributed by atoms with Gasteiger partial charge in [0.25, 0.3) is 0 Å². The highest BCUT2D eigenvalue weighted by Gasteiger charge is 2.21. The Morgan fingerprint density at radius 1 is 1.14 bits per heavy atom. The summed E-state index contributed by atoms with van der Waals surface area (Å²) in [7, 11) is 1.83. The van der Waals surface area contributed by atoms with Crippen LogP contribution in [0.4, 0.5) is 15.9 Å². The van der Waals surface area contributed by atoms with Gasteiger partial charge >= 0.3 is 0 Å². The molecule has 1 aromatic heterocycles. The molecule has 0 fully saturated rings. The topological polar surface area (TPSA) is 61.1 Å². The van der Waals surface area contributed by atoms with Gasteiger partial charge in [-0.2, -0.15) is 5.26 Å². The van der Waals surface area contributed by atoms with Gasteiger partial charge < -0.3 is 10.2 Å². The lowest BCUT2D eigenvalue weighted by atomic mass is 10.2. The number of hydrogen-bond donors (Lipinski definition) is 1. The molecule has 0 atom stereocenters. The zero-order valence-electron chi connectivity index (χ0n) is 16.0. The van der Waals surface area contributed by atoms with Gasteiger partial charge in [0.1, 0.15) is 17.7 Å². The van der Waals surface area contributed by atoms with Gasteiger partial charge in [-0.25, -0.2) is 4.39 Å². The Bertz CT molecular complexity index is 1030. The quantitative estimate of drug-likeness (QED) is 0.727. The summed E-state index contributed by atoms with van der Waals surface area (Å²) in [5, 5.41) is 12.5. The van der Waals surface area contributed by atoms with Crippen LogP contribution in [0.15, 0.2) is 54.6 Å². The molecule has 0 saturated heterocycles. The van der Waals surface area contributed by atoms with Crippen molar-refractivity contribution in [3.8, 4) is 11.8 Å². The molecule has 0 saturated carbocycles. The number of nitriles is 1. The molecule has 0 aliphatic heterocycles. The van der Waals surface area contributed by atoms with E-state index in [1.165, 1.54) is 12.1 Å². The van der Waals surface area contributed by atoms with Crippen LogP contribution in [0.25, 0.3) is 5.69 Å². The fourth-order valence-corrected chi connectivity index (χ4v) is 3.13. The van der Waals surface area contributed by atoms with E-state index < -0.39 is 0 Å². The summed E-state index contributed by atoms with van der Waals surface area (Å²) in [6, 6.07) is 17.7. The highest BCUT2D eigenvalue weighted by Crippen LogP contribution is 2.30. The minimum atomic E-state index is -0.346. The molecular weight excluding hydrogens is 355 g/mol. The van der Waals surface area contributed by atoms with E-state index >= 15 is 0 Å². The Hall–Kier alpha value is -3.59. The van der Waals surface area contributed by atoms with Gasteiger partial charge in [-0.1, -0.05) is 18.2 Å². The Morgan fingerprint density at radius 2 is 1.79 bits per heavy atom. The number of nitrogens with zero attached hydrogens (tertiary/aromatic N) is 3. The zero-order valence-corrected chi connectivity index (χ0v) is 16.0. The van der Waals surface area contributed by atoms with Crippen molar-refractivity contribution in [2.24, 2.45) is 0 Å². The van der Waals surface area contributed by atoms with Gasteiger partial charge in [0.05, 0.1) is 12.1 Å². The summed E-state index contributed by atoms with van der Waals surface area (Å²) in [6.45, 7) is 3.83. The van der Waals surface area contributed by atoms with E-state index in [0.717, 1.165) is 16.9 Å². The number of anilines is 2. The number of aromatic nitrogens is 1. The standard InChI is InChI=1S/C22H21FN4O/c1-15-16(2)27(19-11-9-17(23)10-12-19)22(20(15)13-24)25-21(28)14-26(3)18-7-5-4-6-8-18/h4-12H,14H2,1-3H3,(H,25,28). The van der Waals surface area contributed by atoms with E-state index in [1.54, 1.807) is 16.7 Å². The van der Waals surface area contributed by atoms with Crippen LogP contribution in [0.3, 0.4) is 0 Å². The minimum Gasteiger partial charge on any atom is -0.365 e. The molecule has 0 spiro atoms. The van der Waals surface area contributed by atoms with E-state index in [1.807, 2.05) is 56.1 Å². The molecule has 1 N–H and O–H groups in total. The van der Waals surface area contributed by atoms with Gasteiger partial charge in [-0.15, -0.1) is 0 Å². The number of carbonyl (C=O) groups excluding carboxylic acids is 1. The Balaban J connectivity index is 1.92. The number of benzene rings is 2. The fourth-order valence-electron chi connectivity index (χ4n) is 3.13. The lowest BCUT2D eigenvalue weighted by Gasteiger charge is -2.19. The number of halogens is 1. The van der Waals surface area contributed by atoms with Gasteiger partial charge in [-0.3, -0.25) is 9.36 Å². The van der Waals surface area contributed by atoms with Crippen molar-refractivity contribution in [3.05, 3.63) is 77.2 Å². The van der Waals surface area contributed by atoms with Crippen molar-refractivity contribution in [3.63, 3.8) is 0 Å². The molecule has 0 bridgehead atoms. The average Bonchev–Trinajstić information content (AvgIpc) is 2.92. The number of carbonyl (C=O) groups is 1. The van der Waals surface area contributed by atoms with Crippen LogP contribution < -0.4 is 10.2 Å². The molecule has 142 valence electrons. The summed E-state index contributed by atoms with van der Waals surface area (Å²) in [6.07, 6.45) is 0. The number of nitrogens with one attached hydrogen (secondary N) is 1. The maximum absolute atomic E-state index is 13.3. The Labute approximate surface area is 163 Å². The highest BCUT2D eigenvalue weighted by atomic mass is 19.1. The number of hydrogen-bond acceptors (Lipinski definition) is 3. The van der Waals surface area contributed by atoms with Crippen LogP contribution in [-0.2, 0) is 4.79 Å². The minimum absolute atomic E-state index is 0.127. The number of likely N-dealkylation sites (N-methyl/N-ethyl adjacent to an activating group) is 1. The second-order valence-corrected chi connectivity index (χ2v) is 6.60. The van der Waals surface area contributed by atoms with E-state index in [-0.39, 0.29) is 18.3 Å². The molecule has 3 rings (SSSR count). The normalized spacial score (nSPS) is 10.4. The molecule has 28 heavy (non-hydrogen) atoms. The molecule has 6 heteroatoms. The largest absolute Gasteiger partial charge is 0.365 e. The van der Waals surface area contributed by atoms with Gasteiger partial charge in [-0.05, 0) is 55.8 Å². The highest BCUT2D eigenvalue weighted by molar-refractivity contribution is 5.95. The van der Waals surface area contributed by atoms with E-state index in [9.17, 15) is 14.4 Å². The van der Waals surface area contributed by atoms with Crippen LogP contribution >= 0.6 is 0 Å². The predicted octanol–water partition coefficient (Wildman–Crippen LogP) is 4.18. The van der Waals surface area contributed by atoms with Gasteiger partial charge in [0, 0.05) is 24.1 Å². The Kier molecular flexibility index (Phi) is 5.46. The number of para-hydroxylation sites is 1. The summed E-state index contributed by atoms with van der Waals surface area (Å²) in [5.74, 6) is -0.194. The van der Waals surface area contributed by atoms with Gasteiger partial charge in [0.15, 0.2) is 0 Å². The number of rotatable bonds is 5. The molecule has 2 aromatic carbocycles. The smallest absolute Gasteiger partial charge is 0.245 e. The molecule has 3 aromatic rings. The fraction of sp³-hybridized carbons (Fsp3) is 0.182. The van der Waals surface area contributed by atoms with Crippen LogP contribution in [0.1, 0.15) is 16.8 Å². The van der Waals surface area contributed by atoms with Gasteiger partial charge in [0.2, 0.25) is 5.91 Å². The van der Waals surface area contributed by atoms with Crippen molar-refractivity contribution in [2.45, 2.75) is 13.8 Å². The van der Waals surface area contributed by atoms with Crippen LogP contribution in [0.2, 0.25) is 0 Å². The molecule has 1 heterocycles. The van der Waals surface area contributed by atoms with Crippen LogP contribution in [0.5, 0.6) is 0 Å². The first-order valence-electron chi connectivity index (χ1n) is 8.86. The maximum Gasteiger partial charge on any atom is 0.245 e. The SMILES string of the molecule is Cc1c(C#N)c(NC(=O)CN(C)c2ccccc2)n(-c2ccc(F)cc2)c1C. The third-order valence-electron chi connectivity index (χ3n) is 4.75. The van der Waals surface area contributed by atoms with Crippen molar-refractivity contribution in [1.82, 2.24) is 4.57 Å². The molecule has 1 amide bonds. The zero-order chi connectivity index (χ0) is 20.3. The van der Waals surface area contributed by atoms with E-state index in [0.29, 0.717) is 17.1 Å². The average molecular weight is 376 g/mol. The number of amides is 1. The second-order valence-electron chi connectivity index (χ2n) is 6.60. The first-order chi connectivity index (χ1) is 13.4. The third-order valence-corrected chi connectivity index (χ3v) is 4.75. The third kappa shape index (κ3) is 3.74. The molecule has 5 nitrogen and oxygen atoms in total. The van der Waals surface area contributed by atoms with E-state index in [2.05, 4.69) is 11.4 Å². The molecular formula is C22H21FN4O. The second kappa shape index (κ2) is 7.97. The Morgan fingerprint density at radius 3 is 2.39 bits per heavy atom. The summed E-state index contributed by atoms with van der Waals surface area (Å²) in [4.78, 5) is 14.5. The maximum atomic E-state index is 13.3. The summed E-state index contributed by atoms with van der Waals surface area (Å²) in [5.41, 5.74) is 3.58. The lowest BCUT2D eigenvalue weighted by molar-refractivity contribution is -0.115. The molecule has 0 unspecified atom stereocenters. The summed E-state index contributed by atoms with van der Waals surface area (Å²) < 4.78 is 15.1. The first-order valence-corrected chi connectivity index (χ1v) is 8.86. The van der Waals surface area contributed by atoms with Crippen molar-refractivity contribution in [1.29, 1.82) is 5.26 Å². The van der Waals surface area contributed by atoms with Crippen LogP contribution in [0, 0.1) is 31.0 Å². The van der Waals surface area contributed by atoms with E-state index in [4.69, 9.17) is 0 Å². The lowest BCUT2D eigenvalue weighted by Crippen LogP contribution is -2.30. The monoisotopic (exact) mass is 376 g/mol. The predicted molar refractivity (Wildman–Crippen MR) is 108 cm³/mol. The van der Waals surface area contributed by atoms with Crippen molar-refractivity contribution >= 4 is 17.4 Å². The van der Waals surface area contributed by atoms with Crippen LogP contribution in [-0.4, -0.2) is 24.1 Å². The molecule has 0 aliphatic rings. The summed E-state index contributed by atoms with van der Waals surface area (Å²) >= 11 is 0.